The molecule has 148 valence electrons. The van der Waals surface area contributed by atoms with Gasteiger partial charge in [-0.3, -0.25) is 9.78 Å². The number of pyridine rings is 1. The van der Waals surface area contributed by atoms with E-state index in [4.69, 9.17) is 4.74 Å². The van der Waals surface area contributed by atoms with E-state index >= 15 is 0 Å². The lowest BCUT2D eigenvalue weighted by atomic mass is 9.82. The van der Waals surface area contributed by atoms with Gasteiger partial charge in [-0.05, 0) is 59.9 Å². The van der Waals surface area contributed by atoms with Gasteiger partial charge >= 0.3 is 5.97 Å². The molecule has 0 atom stereocenters. The SMILES string of the molecule is COc1cnc2c(c1)CNc1c(C)c(CC(=O)O)c(-c3ccc(F)cc3)c(C)c1-2. The standard InChI is InChI=1S/C23H21FN2O3/c1-12-18(9-19(27)28)20(14-4-6-16(24)7-5-14)13(2)21-22(12)25-10-15-8-17(29-3)11-26-23(15)21/h4-8,11,25H,9-10H2,1-3H3,(H,27,28). The van der Waals surface area contributed by atoms with Gasteiger partial charge in [0.05, 0.1) is 25.4 Å². The van der Waals surface area contributed by atoms with Crippen LogP contribution in [-0.2, 0) is 17.8 Å². The van der Waals surface area contributed by atoms with E-state index in [1.54, 1.807) is 25.4 Å². The average Bonchev–Trinajstić information content (AvgIpc) is 2.71. The molecule has 0 aliphatic carbocycles. The maximum Gasteiger partial charge on any atom is 0.307 e. The van der Waals surface area contributed by atoms with Gasteiger partial charge in [0.2, 0.25) is 0 Å². The van der Waals surface area contributed by atoms with E-state index in [0.717, 1.165) is 50.3 Å². The minimum absolute atomic E-state index is 0.114. The molecule has 2 aromatic carbocycles. The molecule has 2 N–H and O–H groups in total. The first kappa shape index (κ1) is 18.9. The summed E-state index contributed by atoms with van der Waals surface area (Å²) in [5.41, 5.74) is 7.82. The fraction of sp³-hybridized carbons (Fsp3) is 0.217. The van der Waals surface area contributed by atoms with Crippen LogP contribution in [-0.4, -0.2) is 23.2 Å². The number of aliphatic carboxylic acids is 1. The summed E-state index contributed by atoms with van der Waals surface area (Å²) in [5.74, 6) is -0.554. The second-order valence-electron chi connectivity index (χ2n) is 7.17. The van der Waals surface area contributed by atoms with Crippen LogP contribution in [0.2, 0.25) is 0 Å². The lowest BCUT2D eigenvalue weighted by molar-refractivity contribution is -0.136. The van der Waals surface area contributed by atoms with Gasteiger partial charge in [0.1, 0.15) is 11.6 Å². The molecule has 0 saturated heterocycles. The summed E-state index contributed by atoms with van der Waals surface area (Å²) in [4.78, 5) is 16.2. The molecule has 0 unspecified atom stereocenters. The number of methoxy groups -OCH3 is 1. The molecular formula is C23H21FN2O3. The van der Waals surface area contributed by atoms with Crippen molar-refractivity contribution in [2.45, 2.75) is 26.8 Å². The maximum absolute atomic E-state index is 13.5. The Morgan fingerprint density at radius 2 is 1.93 bits per heavy atom. The molecule has 3 aromatic rings. The van der Waals surface area contributed by atoms with Crippen LogP contribution >= 0.6 is 0 Å². The van der Waals surface area contributed by atoms with Crippen LogP contribution in [0.1, 0.15) is 22.3 Å². The van der Waals surface area contributed by atoms with Gasteiger partial charge in [-0.25, -0.2) is 4.39 Å². The summed E-state index contributed by atoms with van der Waals surface area (Å²) < 4.78 is 18.8. The van der Waals surface area contributed by atoms with Crippen LogP contribution in [0.25, 0.3) is 22.4 Å². The van der Waals surface area contributed by atoms with Crippen LogP contribution < -0.4 is 10.1 Å². The molecule has 5 nitrogen and oxygen atoms in total. The fourth-order valence-electron chi connectivity index (χ4n) is 4.10. The van der Waals surface area contributed by atoms with Crippen LogP contribution in [0.5, 0.6) is 5.75 Å². The van der Waals surface area contributed by atoms with Crippen LogP contribution in [0.15, 0.2) is 36.5 Å². The molecule has 0 amide bonds. The van der Waals surface area contributed by atoms with Crippen molar-refractivity contribution < 1.29 is 19.0 Å². The highest BCUT2D eigenvalue weighted by Crippen LogP contribution is 2.46. The topological polar surface area (TPSA) is 71.5 Å². The van der Waals surface area contributed by atoms with Gasteiger partial charge < -0.3 is 15.2 Å². The second kappa shape index (κ2) is 7.20. The van der Waals surface area contributed by atoms with Crippen molar-refractivity contribution in [3.63, 3.8) is 0 Å². The Hall–Kier alpha value is -3.41. The van der Waals surface area contributed by atoms with E-state index in [1.807, 2.05) is 19.9 Å². The van der Waals surface area contributed by atoms with E-state index in [1.165, 1.54) is 12.1 Å². The molecule has 2 heterocycles. The van der Waals surface area contributed by atoms with E-state index < -0.39 is 5.97 Å². The van der Waals surface area contributed by atoms with Gasteiger partial charge in [-0.15, -0.1) is 0 Å². The number of nitrogens with zero attached hydrogens (tertiary/aromatic N) is 1. The Morgan fingerprint density at radius 1 is 1.21 bits per heavy atom. The van der Waals surface area contributed by atoms with Crippen molar-refractivity contribution in [2.24, 2.45) is 0 Å². The first-order valence-corrected chi connectivity index (χ1v) is 9.31. The third kappa shape index (κ3) is 3.20. The molecule has 0 bridgehead atoms. The first-order valence-electron chi connectivity index (χ1n) is 9.31. The third-order valence-corrected chi connectivity index (χ3v) is 5.46. The van der Waals surface area contributed by atoms with Crippen molar-refractivity contribution in [1.82, 2.24) is 4.98 Å². The Labute approximate surface area is 168 Å². The van der Waals surface area contributed by atoms with Crippen LogP contribution in [0.3, 0.4) is 0 Å². The largest absolute Gasteiger partial charge is 0.495 e. The van der Waals surface area contributed by atoms with Crippen molar-refractivity contribution >= 4 is 11.7 Å². The predicted octanol–water partition coefficient (Wildman–Crippen LogP) is 4.73. The third-order valence-electron chi connectivity index (χ3n) is 5.46. The number of benzene rings is 2. The minimum atomic E-state index is -0.908. The molecule has 1 aliphatic heterocycles. The Bertz CT molecular complexity index is 1120. The molecule has 1 aliphatic rings. The van der Waals surface area contributed by atoms with Gasteiger partial charge in [0.25, 0.3) is 0 Å². The number of nitrogens with one attached hydrogen (secondary N) is 1. The summed E-state index contributed by atoms with van der Waals surface area (Å²) in [6.07, 6.45) is 1.57. The number of hydrogen-bond acceptors (Lipinski definition) is 4. The van der Waals surface area contributed by atoms with Crippen LogP contribution in [0, 0.1) is 19.7 Å². The summed E-state index contributed by atoms with van der Waals surface area (Å²) in [5, 5.41) is 12.9. The van der Waals surface area contributed by atoms with E-state index in [9.17, 15) is 14.3 Å². The van der Waals surface area contributed by atoms with Gasteiger partial charge in [0.15, 0.2) is 0 Å². The zero-order chi connectivity index (χ0) is 20.7. The first-order chi connectivity index (χ1) is 13.9. The van der Waals surface area contributed by atoms with E-state index in [-0.39, 0.29) is 12.2 Å². The van der Waals surface area contributed by atoms with Crippen molar-refractivity contribution in [3.8, 4) is 28.1 Å². The molecule has 29 heavy (non-hydrogen) atoms. The predicted molar refractivity (Wildman–Crippen MR) is 110 cm³/mol. The summed E-state index contributed by atoms with van der Waals surface area (Å²) in [6, 6.07) is 8.11. The van der Waals surface area contributed by atoms with Gasteiger partial charge in [-0.1, -0.05) is 12.1 Å². The zero-order valence-electron chi connectivity index (χ0n) is 16.5. The van der Waals surface area contributed by atoms with E-state index in [2.05, 4.69) is 10.3 Å². The second-order valence-corrected chi connectivity index (χ2v) is 7.17. The highest BCUT2D eigenvalue weighted by atomic mass is 19.1. The number of hydrogen-bond donors (Lipinski definition) is 2. The van der Waals surface area contributed by atoms with Gasteiger partial charge in [-0.2, -0.15) is 0 Å². The van der Waals surface area contributed by atoms with Crippen molar-refractivity contribution in [2.75, 3.05) is 12.4 Å². The number of anilines is 1. The highest BCUT2D eigenvalue weighted by Gasteiger charge is 2.27. The number of fused-ring (bicyclic) bond motifs is 3. The molecule has 0 fully saturated rings. The molecule has 4 rings (SSSR count). The van der Waals surface area contributed by atoms with Crippen molar-refractivity contribution in [1.29, 1.82) is 0 Å². The average molecular weight is 392 g/mol. The monoisotopic (exact) mass is 392 g/mol. The summed E-state index contributed by atoms with van der Waals surface area (Å²) in [7, 11) is 1.60. The lowest BCUT2D eigenvalue weighted by Crippen LogP contribution is -2.16. The number of carboxylic acids is 1. The molecule has 0 saturated carbocycles. The molecule has 6 heteroatoms. The van der Waals surface area contributed by atoms with Gasteiger partial charge in [0, 0.05) is 23.4 Å². The minimum Gasteiger partial charge on any atom is -0.495 e. The van der Waals surface area contributed by atoms with E-state index in [0.29, 0.717) is 12.3 Å². The van der Waals surface area contributed by atoms with Crippen molar-refractivity contribution in [3.05, 3.63) is 64.6 Å². The normalized spacial score (nSPS) is 12.0. The smallest absolute Gasteiger partial charge is 0.307 e. The Kier molecular flexibility index (Phi) is 4.70. The number of carboxylic acid groups (broad SMARTS) is 1. The lowest BCUT2D eigenvalue weighted by Gasteiger charge is -2.28. The number of rotatable bonds is 4. The Morgan fingerprint density at radius 3 is 2.59 bits per heavy atom. The summed E-state index contributed by atoms with van der Waals surface area (Å²) in [6.45, 7) is 4.46. The molecule has 1 aromatic heterocycles. The molecule has 0 radical (unpaired) electrons. The summed E-state index contributed by atoms with van der Waals surface area (Å²) >= 11 is 0. The zero-order valence-corrected chi connectivity index (χ0v) is 16.5. The fourth-order valence-corrected chi connectivity index (χ4v) is 4.10. The number of ether oxygens (including phenoxy) is 1. The Balaban J connectivity index is 2.03. The number of halogens is 1. The molecule has 0 spiro atoms. The maximum atomic E-state index is 13.5. The number of aromatic nitrogens is 1. The van der Waals surface area contributed by atoms with Crippen LogP contribution in [0.4, 0.5) is 10.1 Å². The number of carbonyl (C=O) groups is 1. The molecular weight excluding hydrogens is 371 g/mol. The quantitative estimate of drug-likeness (QED) is 0.671. The highest BCUT2D eigenvalue weighted by molar-refractivity contribution is 5.94.